The Morgan fingerprint density at radius 2 is 1.90 bits per heavy atom. The highest BCUT2D eigenvalue weighted by Crippen LogP contribution is 2.32. The third-order valence-electron chi connectivity index (χ3n) is 4.46. The van der Waals surface area contributed by atoms with Gasteiger partial charge in [0.1, 0.15) is 17.2 Å². The number of benzene rings is 1. The highest BCUT2D eigenvalue weighted by Gasteiger charge is 2.33. The van der Waals surface area contributed by atoms with Gasteiger partial charge in [-0.2, -0.15) is 18.3 Å². The fraction of sp³-hybridized carbons (Fsp3) is 0.200. The Morgan fingerprint density at radius 1 is 1.10 bits per heavy atom. The first-order valence-corrected chi connectivity index (χ1v) is 8.98. The Hall–Kier alpha value is -3.69. The second-order valence-corrected chi connectivity index (χ2v) is 6.58. The zero-order valence-corrected chi connectivity index (χ0v) is 16.1. The molecule has 3 heterocycles. The maximum Gasteiger partial charge on any atom is 0.416 e. The zero-order valence-electron chi connectivity index (χ0n) is 16.1. The van der Waals surface area contributed by atoms with Gasteiger partial charge in [0.2, 0.25) is 5.88 Å². The quantitative estimate of drug-likeness (QED) is 0.534. The number of hydrogen-bond donors (Lipinski definition) is 1. The number of pyridine rings is 1. The van der Waals surface area contributed by atoms with Crippen LogP contribution in [0.3, 0.4) is 0 Å². The van der Waals surface area contributed by atoms with Crippen LogP contribution < -0.4 is 4.74 Å². The number of ether oxygens (including phenoxy) is 1. The monoisotopic (exact) mass is 414 g/mol. The first kappa shape index (κ1) is 19.6. The molecule has 0 fully saturated rings. The average Bonchev–Trinajstić information content (AvgIpc) is 3.36. The van der Waals surface area contributed by atoms with Gasteiger partial charge in [-0.3, -0.25) is 5.10 Å². The molecular weight excluding hydrogens is 397 g/mol. The summed E-state index contributed by atoms with van der Waals surface area (Å²) in [5.41, 5.74) is 1.39. The van der Waals surface area contributed by atoms with Crippen LogP contribution in [0.2, 0.25) is 0 Å². The molecule has 1 aromatic carbocycles. The number of aryl methyl sites for hydroxylation is 1. The number of aromatic amines is 1. The van der Waals surface area contributed by atoms with E-state index in [1.54, 1.807) is 29.1 Å². The molecule has 0 radical (unpaired) electrons. The number of nitrogens with zero attached hydrogens (tertiary/aromatic N) is 5. The van der Waals surface area contributed by atoms with Gasteiger partial charge in [0.25, 0.3) is 0 Å². The molecule has 3 aromatic heterocycles. The summed E-state index contributed by atoms with van der Waals surface area (Å²) in [7, 11) is 1.50. The smallest absolute Gasteiger partial charge is 0.416 e. The van der Waals surface area contributed by atoms with Gasteiger partial charge in [-0.05, 0) is 30.7 Å². The topological polar surface area (TPSA) is 81.5 Å². The van der Waals surface area contributed by atoms with E-state index < -0.39 is 11.7 Å². The van der Waals surface area contributed by atoms with E-state index in [9.17, 15) is 13.2 Å². The van der Waals surface area contributed by atoms with Crippen LogP contribution in [0.15, 0.2) is 48.9 Å². The first-order chi connectivity index (χ1) is 14.3. The molecule has 0 atom stereocenters. The molecule has 1 N–H and O–H groups in total. The fourth-order valence-electron chi connectivity index (χ4n) is 3.08. The van der Waals surface area contributed by atoms with E-state index in [1.807, 2.05) is 13.1 Å². The number of imidazole rings is 1. The van der Waals surface area contributed by atoms with Gasteiger partial charge in [0, 0.05) is 12.6 Å². The molecule has 30 heavy (non-hydrogen) atoms. The van der Waals surface area contributed by atoms with E-state index in [2.05, 4.69) is 25.1 Å². The van der Waals surface area contributed by atoms with Crippen molar-refractivity contribution in [3.05, 3.63) is 71.6 Å². The third-order valence-corrected chi connectivity index (χ3v) is 4.46. The summed E-state index contributed by atoms with van der Waals surface area (Å²) in [5.74, 6) is 0.914. The lowest BCUT2D eigenvalue weighted by atomic mass is 10.0. The Morgan fingerprint density at radius 3 is 2.60 bits per heavy atom. The van der Waals surface area contributed by atoms with Crippen molar-refractivity contribution < 1.29 is 17.9 Å². The van der Waals surface area contributed by atoms with Gasteiger partial charge in [-0.15, -0.1) is 0 Å². The number of aromatic nitrogens is 6. The van der Waals surface area contributed by atoms with Crippen molar-refractivity contribution in [3.63, 3.8) is 0 Å². The predicted octanol–water partition coefficient (Wildman–Crippen LogP) is 3.98. The summed E-state index contributed by atoms with van der Waals surface area (Å²) in [4.78, 5) is 12.9. The van der Waals surface area contributed by atoms with E-state index in [0.717, 1.165) is 11.8 Å². The number of H-pyrrole nitrogens is 1. The highest BCUT2D eigenvalue weighted by atomic mass is 19.4. The lowest BCUT2D eigenvalue weighted by Crippen LogP contribution is -2.09. The van der Waals surface area contributed by atoms with Crippen molar-refractivity contribution in [2.24, 2.45) is 0 Å². The van der Waals surface area contributed by atoms with Crippen molar-refractivity contribution in [3.8, 4) is 23.1 Å². The minimum atomic E-state index is -4.43. The summed E-state index contributed by atoms with van der Waals surface area (Å²) in [6.07, 6.45) is -0.984. The second kappa shape index (κ2) is 7.62. The van der Waals surface area contributed by atoms with Crippen LogP contribution in [0, 0.1) is 6.92 Å². The van der Waals surface area contributed by atoms with Crippen LogP contribution >= 0.6 is 0 Å². The molecule has 0 bridgehead atoms. The number of halogens is 3. The van der Waals surface area contributed by atoms with Crippen LogP contribution in [-0.2, 0) is 12.6 Å². The maximum absolute atomic E-state index is 13.2. The minimum absolute atomic E-state index is 0.0355. The van der Waals surface area contributed by atoms with Crippen LogP contribution in [0.5, 0.6) is 5.88 Å². The molecule has 154 valence electrons. The minimum Gasteiger partial charge on any atom is -0.479 e. The molecule has 0 unspecified atom stereocenters. The van der Waals surface area contributed by atoms with E-state index in [4.69, 9.17) is 4.74 Å². The molecule has 4 rings (SSSR count). The molecule has 0 aliphatic rings. The van der Waals surface area contributed by atoms with Crippen molar-refractivity contribution in [1.82, 2.24) is 29.7 Å². The second-order valence-electron chi connectivity index (χ2n) is 6.58. The van der Waals surface area contributed by atoms with Crippen molar-refractivity contribution in [1.29, 1.82) is 0 Å². The molecule has 0 saturated heterocycles. The molecule has 0 amide bonds. The Labute approximate surface area is 169 Å². The third kappa shape index (κ3) is 3.88. The van der Waals surface area contributed by atoms with Gasteiger partial charge in [0.15, 0.2) is 5.82 Å². The van der Waals surface area contributed by atoms with Crippen molar-refractivity contribution >= 4 is 0 Å². The number of rotatable bonds is 5. The summed E-state index contributed by atoms with van der Waals surface area (Å²) < 4.78 is 46.8. The first-order valence-electron chi connectivity index (χ1n) is 8.98. The zero-order chi connectivity index (χ0) is 21.3. The molecular formula is C20H17F3N6O. The van der Waals surface area contributed by atoms with E-state index in [1.165, 1.54) is 19.2 Å². The molecule has 0 spiro atoms. The van der Waals surface area contributed by atoms with Crippen molar-refractivity contribution in [2.75, 3.05) is 7.11 Å². The average molecular weight is 414 g/mol. The number of methoxy groups -OCH3 is 1. The highest BCUT2D eigenvalue weighted by molar-refractivity contribution is 5.55. The molecule has 10 heteroatoms. The maximum atomic E-state index is 13.2. The van der Waals surface area contributed by atoms with Gasteiger partial charge in [-0.25, -0.2) is 15.0 Å². The van der Waals surface area contributed by atoms with Crippen molar-refractivity contribution in [2.45, 2.75) is 19.5 Å². The Kier molecular flexibility index (Phi) is 4.98. The van der Waals surface area contributed by atoms with Gasteiger partial charge >= 0.3 is 6.18 Å². The summed E-state index contributed by atoms with van der Waals surface area (Å²) in [6, 6.07) is 8.90. The van der Waals surface area contributed by atoms with E-state index >= 15 is 0 Å². The lowest BCUT2D eigenvalue weighted by molar-refractivity contribution is -0.138. The molecule has 0 aliphatic carbocycles. The number of hydrogen-bond acceptors (Lipinski definition) is 5. The van der Waals surface area contributed by atoms with Gasteiger partial charge < -0.3 is 9.30 Å². The van der Waals surface area contributed by atoms with E-state index in [0.29, 0.717) is 23.1 Å². The molecule has 0 saturated carbocycles. The summed E-state index contributed by atoms with van der Waals surface area (Å²) in [6.45, 7) is 1.87. The summed E-state index contributed by atoms with van der Waals surface area (Å²) in [5, 5.41) is 6.80. The predicted molar refractivity (Wildman–Crippen MR) is 102 cm³/mol. The number of alkyl halides is 3. The summed E-state index contributed by atoms with van der Waals surface area (Å²) >= 11 is 0. The van der Waals surface area contributed by atoms with Crippen LogP contribution in [0.4, 0.5) is 13.2 Å². The molecule has 0 aliphatic heterocycles. The standard InChI is InChI=1S/C20H17F3N6O/c1-12-10-29(11-24-12)16-8-7-15(25-19(16)30-2)18-26-17(27-28-18)9-13-5-3-4-6-14(13)20(21,22)23/h3-8,10-11H,9H2,1-2H3,(H,26,27,28). The van der Waals surface area contributed by atoms with Crippen LogP contribution in [0.25, 0.3) is 17.2 Å². The number of nitrogens with one attached hydrogen (secondary N) is 1. The lowest BCUT2D eigenvalue weighted by Gasteiger charge is -2.11. The van der Waals surface area contributed by atoms with E-state index in [-0.39, 0.29) is 17.8 Å². The Balaban J connectivity index is 1.62. The van der Waals surface area contributed by atoms with Crippen LogP contribution in [0.1, 0.15) is 22.6 Å². The SMILES string of the molecule is COc1nc(-c2n[nH]c(Cc3ccccc3C(F)(F)F)n2)ccc1-n1cnc(C)c1. The largest absolute Gasteiger partial charge is 0.479 e. The fourth-order valence-corrected chi connectivity index (χ4v) is 3.08. The molecule has 7 nitrogen and oxygen atoms in total. The van der Waals surface area contributed by atoms with Crippen LogP contribution in [-0.4, -0.2) is 36.8 Å². The molecule has 4 aromatic rings. The van der Waals surface area contributed by atoms with Gasteiger partial charge in [-0.1, -0.05) is 18.2 Å². The van der Waals surface area contributed by atoms with Gasteiger partial charge in [0.05, 0.1) is 24.7 Å². The Bertz CT molecular complexity index is 1180. The normalized spacial score (nSPS) is 11.6.